The largest absolute Gasteiger partial charge is 0.361 e. The Morgan fingerprint density at radius 3 is 2.62 bits per heavy atom. The van der Waals surface area contributed by atoms with E-state index in [0.717, 1.165) is 12.4 Å². The summed E-state index contributed by atoms with van der Waals surface area (Å²) < 4.78 is 0. The number of pyridine rings is 1. The summed E-state index contributed by atoms with van der Waals surface area (Å²) in [5.74, 6) is 0. The highest BCUT2D eigenvalue weighted by Crippen LogP contribution is 2.04. The zero-order valence-electron chi connectivity index (χ0n) is 6.11. The maximum Gasteiger partial charge on any atom is 0.332 e. The number of nitrogens with zero attached hydrogens (tertiary/aromatic N) is 1. The molecule has 0 saturated heterocycles. The molecule has 0 unspecified atom stereocenters. The average molecular weight is 203 g/mol. The fraction of sp³-hybridized carbons (Fsp3) is 0. The molecule has 0 aliphatic carbocycles. The normalized spacial score (nSPS) is 9.62. The summed E-state index contributed by atoms with van der Waals surface area (Å²) in [6.07, 6.45) is 1.91. The van der Waals surface area contributed by atoms with Crippen LogP contribution in [0.3, 0.4) is 0 Å². The molecular weight excluding hydrogens is 200 g/mol. The predicted octanol–water partition coefficient (Wildman–Crippen LogP) is 0.662. The lowest BCUT2D eigenvalue weighted by Gasteiger charge is -1.92. The van der Waals surface area contributed by atoms with Gasteiger partial charge in [0.2, 0.25) is 0 Å². The third kappa shape index (κ3) is 1.73. The minimum atomic E-state index is -1.02. The molecule has 0 aliphatic rings. The molecule has 1 N–H and O–H groups in total. The Bertz CT molecular complexity index is 390. The monoisotopic (exact) mass is 202 g/mol. The van der Waals surface area contributed by atoms with E-state index in [2.05, 4.69) is 4.98 Å². The number of halogens is 1. The number of rotatable bonds is 2. The molecule has 7 heteroatoms. The minimum Gasteiger partial charge on any atom is -0.361 e. The first kappa shape index (κ1) is 9.40. The number of H-pyrrole nitrogens is 1. The Morgan fingerprint density at radius 2 is 2.15 bits per heavy atom. The van der Waals surface area contributed by atoms with Crippen molar-refractivity contribution in [2.45, 2.75) is 0 Å². The maximum absolute atomic E-state index is 11.1. The number of hydrogen-bond acceptors (Lipinski definition) is 4. The lowest BCUT2D eigenvalue weighted by molar-refractivity contribution is -0.386. The number of hydrogen-bond donors (Lipinski definition) is 1. The molecule has 0 atom stereocenters. The van der Waals surface area contributed by atoms with Crippen LogP contribution in [-0.2, 0) is 0 Å². The molecule has 0 amide bonds. The summed E-state index contributed by atoms with van der Waals surface area (Å²) in [7, 11) is 0. The summed E-state index contributed by atoms with van der Waals surface area (Å²) >= 11 is 5.00. The van der Waals surface area contributed by atoms with E-state index in [0.29, 0.717) is 0 Å². The fourth-order valence-electron chi connectivity index (χ4n) is 0.755. The van der Waals surface area contributed by atoms with Gasteiger partial charge in [0, 0.05) is 6.20 Å². The molecule has 68 valence electrons. The van der Waals surface area contributed by atoms with Crippen LogP contribution in [0.25, 0.3) is 0 Å². The quantitative estimate of drug-likeness (QED) is 0.433. The van der Waals surface area contributed by atoms with Gasteiger partial charge in [0.25, 0.3) is 10.7 Å². The van der Waals surface area contributed by atoms with Crippen molar-refractivity contribution >= 4 is 22.5 Å². The Morgan fingerprint density at radius 1 is 1.54 bits per heavy atom. The molecular formula is C6H3ClN2O4. The van der Waals surface area contributed by atoms with Gasteiger partial charge in [-0.25, -0.2) is 0 Å². The van der Waals surface area contributed by atoms with Gasteiger partial charge in [-0.3, -0.25) is 19.7 Å². The summed E-state index contributed by atoms with van der Waals surface area (Å²) in [6, 6.07) is 0. The van der Waals surface area contributed by atoms with Crippen molar-refractivity contribution in [3.8, 4) is 0 Å². The third-order valence-corrected chi connectivity index (χ3v) is 1.54. The van der Waals surface area contributed by atoms with Crippen LogP contribution in [0.5, 0.6) is 0 Å². The Labute approximate surface area is 76.3 Å². The molecule has 1 aromatic rings. The second-order valence-corrected chi connectivity index (χ2v) is 2.46. The van der Waals surface area contributed by atoms with Crippen molar-refractivity contribution in [2.75, 3.05) is 0 Å². The summed E-state index contributed by atoms with van der Waals surface area (Å²) in [5, 5.41) is 9.20. The first-order chi connectivity index (χ1) is 6.04. The Kier molecular flexibility index (Phi) is 2.43. The molecule has 0 bridgehead atoms. The van der Waals surface area contributed by atoms with E-state index < -0.39 is 26.8 Å². The molecule has 13 heavy (non-hydrogen) atoms. The van der Waals surface area contributed by atoms with Gasteiger partial charge in [-0.05, 0) is 11.6 Å². The van der Waals surface area contributed by atoms with E-state index in [1.54, 1.807) is 0 Å². The van der Waals surface area contributed by atoms with Gasteiger partial charge in [-0.2, -0.15) is 0 Å². The smallest absolute Gasteiger partial charge is 0.332 e. The van der Waals surface area contributed by atoms with Crippen molar-refractivity contribution in [1.82, 2.24) is 4.98 Å². The van der Waals surface area contributed by atoms with Gasteiger partial charge in [0.1, 0.15) is 5.56 Å². The molecule has 6 nitrogen and oxygen atoms in total. The molecule has 1 rings (SSSR count). The first-order valence-corrected chi connectivity index (χ1v) is 3.47. The van der Waals surface area contributed by atoms with Gasteiger partial charge in [-0.1, -0.05) is 0 Å². The highest BCUT2D eigenvalue weighted by Gasteiger charge is 2.17. The van der Waals surface area contributed by atoms with Crippen molar-refractivity contribution in [1.29, 1.82) is 0 Å². The van der Waals surface area contributed by atoms with Crippen LogP contribution in [0.15, 0.2) is 17.2 Å². The number of nitro groups is 1. The number of carbonyl (C=O) groups excluding carboxylic acids is 1. The standard InChI is InChI=1S/C6H3ClN2O4/c7-6(11)3-1-8-2-4(5(3)10)9(12)13/h1-2H,(H,8,10). The maximum atomic E-state index is 11.1. The molecule has 1 heterocycles. The fourth-order valence-corrected chi connectivity index (χ4v) is 0.895. The lowest BCUT2D eigenvalue weighted by Crippen LogP contribution is -2.15. The minimum absolute atomic E-state index is 0.434. The van der Waals surface area contributed by atoms with Crippen LogP contribution < -0.4 is 5.43 Å². The van der Waals surface area contributed by atoms with Crippen LogP contribution in [0.2, 0.25) is 0 Å². The van der Waals surface area contributed by atoms with E-state index in [9.17, 15) is 19.7 Å². The highest BCUT2D eigenvalue weighted by molar-refractivity contribution is 6.67. The van der Waals surface area contributed by atoms with Gasteiger partial charge in [-0.15, -0.1) is 0 Å². The number of aromatic nitrogens is 1. The summed E-state index contributed by atoms with van der Waals surface area (Å²) in [6.45, 7) is 0. The summed E-state index contributed by atoms with van der Waals surface area (Å²) in [4.78, 5) is 33.3. The second kappa shape index (κ2) is 3.36. The lowest BCUT2D eigenvalue weighted by atomic mass is 10.3. The van der Waals surface area contributed by atoms with Crippen LogP contribution in [0.1, 0.15) is 10.4 Å². The van der Waals surface area contributed by atoms with Gasteiger partial charge < -0.3 is 4.98 Å². The topological polar surface area (TPSA) is 93.1 Å². The third-order valence-electron chi connectivity index (χ3n) is 1.33. The van der Waals surface area contributed by atoms with Crippen LogP contribution in [0.4, 0.5) is 5.69 Å². The Balaban J connectivity index is 3.44. The average Bonchev–Trinajstić information content (AvgIpc) is 2.03. The van der Waals surface area contributed by atoms with Gasteiger partial charge in [0.05, 0.1) is 11.1 Å². The van der Waals surface area contributed by atoms with Crippen molar-refractivity contribution < 1.29 is 9.72 Å². The van der Waals surface area contributed by atoms with Crippen LogP contribution in [0, 0.1) is 10.1 Å². The van der Waals surface area contributed by atoms with Crippen molar-refractivity contribution in [3.05, 3.63) is 38.3 Å². The number of carbonyl (C=O) groups is 1. The SMILES string of the molecule is O=C(Cl)c1c[nH]cc([N+](=O)[O-])c1=O. The van der Waals surface area contributed by atoms with Gasteiger partial charge >= 0.3 is 5.69 Å². The predicted molar refractivity (Wildman–Crippen MR) is 43.9 cm³/mol. The van der Waals surface area contributed by atoms with E-state index in [1.165, 1.54) is 0 Å². The zero-order valence-corrected chi connectivity index (χ0v) is 6.87. The van der Waals surface area contributed by atoms with Crippen LogP contribution >= 0.6 is 11.6 Å². The van der Waals surface area contributed by atoms with Crippen molar-refractivity contribution in [3.63, 3.8) is 0 Å². The molecule has 0 fully saturated rings. The van der Waals surface area contributed by atoms with E-state index >= 15 is 0 Å². The second-order valence-electron chi connectivity index (χ2n) is 2.11. The number of aromatic amines is 1. The first-order valence-electron chi connectivity index (χ1n) is 3.09. The highest BCUT2D eigenvalue weighted by atomic mass is 35.5. The van der Waals surface area contributed by atoms with E-state index in [1.807, 2.05) is 0 Å². The molecule has 0 saturated carbocycles. The number of nitrogens with one attached hydrogen (secondary N) is 1. The van der Waals surface area contributed by atoms with Crippen molar-refractivity contribution in [2.24, 2.45) is 0 Å². The molecule has 0 aromatic carbocycles. The molecule has 1 aromatic heterocycles. The van der Waals surface area contributed by atoms with Crippen LogP contribution in [-0.4, -0.2) is 15.1 Å². The Hall–Kier alpha value is -1.69. The van der Waals surface area contributed by atoms with E-state index in [4.69, 9.17) is 11.6 Å². The molecule has 0 aliphatic heterocycles. The summed E-state index contributed by atoms with van der Waals surface area (Å²) in [5.41, 5.74) is -2.12. The molecule has 0 radical (unpaired) electrons. The zero-order chi connectivity index (χ0) is 10.0. The van der Waals surface area contributed by atoms with E-state index in [-0.39, 0.29) is 0 Å². The van der Waals surface area contributed by atoms with Gasteiger partial charge in [0.15, 0.2) is 0 Å². The molecule has 0 spiro atoms.